The number of carbonyl (C=O) groups excluding carboxylic acids is 2. The second-order valence-corrected chi connectivity index (χ2v) is 13.6. The van der Waals surface area contributed by atoms with E-state index in [-0.39, 0.29) is 11.6 Å². The van der Waals surface area contributed by atoms with E-state index < -0.39 is 25.9 Å². The zero-order chi connectivity index (χ0) is 25.0. The van der Waals surface area contributed by atoms with Crippen molar-refractivity contribution in [1.29, 1.82) is 0 Å². The van der Waals surface area contributed by atoms with Gasteiger partial charge in [-0.05, 0) is 18.6 Å². The fraction of sp³-hybridized carbons (Fsp3) is 0.360. The molecule has 9 heteroatoms. The van der Waals surface area contributed by atoms with Gasteiger partial charge in [0.15, 0.2) is 0 Å². The van der Waals surface area contributed by atoms with Crippen molar-refractivity contribution in [2.75, 3.05) is 26.6 Å². The lowest BCUT2D eigenvalue weighted by atomic mass is 10.2. The van der Waals surface area contributed by atoms with Gasteiger partial charge >= 0.3 is 0 Å². The molecule has 2 aromatic carbocycles. The fourth-order valence-electron chi connectivity index (χ4n) is 3.40. The van der Waals surface area contributed by atoms with Crippen LogP contribution >= 0.6 is 0 Å². The van der Waals surface area contributed by atoms with E-state index in [9.17, 15) is 9.59 Å². The minimum Gasteiger partial charge on any atom is -0.496 e. The van der Waals surface area contributed by atoms with Crippen molar-refractivity contribution in [3.05, 3.63) is 47.9 Å². The van der Waals surface area contributed by atoms with Gasteiger partial charge < -0.3 is 29.0 Å². The molecule has 0 aliphatic carbocycles. The van der Waals surface area contributed by atoms with Gasteiger partial charge in [-0.1, -0.05) is 43.4 Å². The standard InChI is InChI=1S/C25H31NO7Si/c1-8-34(6,7)17-10-9-15(2)19(13-17)32-22-14-18(27)24(33-22)25(28)26-23-20(30-4)11-16(29-3)12-21(23)31-5/h9-14,24H,8H2,1-7H3,(H,26,28). The summed E-state index contributed by atoms with van der Waals surface area (Å²) >= 11 is 0. The molecule has 1 heterocycles. The SMILES string of the molecule is CC[Si](C)(C)c1ccc(C)c(OC2=CC(=O)C(C(=O)Nc3c(OC)cc(OC)cc3OC)O2)c1. The Kier molecular flexibility index (Phi) is 7.56. The van der Waals surface area contributed by atoms with Gasteiger partial charge in [0.05, 0.1) is 35.5 Å². The largest absolute Gasteiger partial charge is 0.496 e. The third-order valence-electron chi connectivity index (χ3n) is 6.02. The summed E-state index contributed by atoms with van der Waals surface area (Å²) in [5.74, 6) is 0.510. The van der Waals surface area contributed by atoms with Gasteiger partial charge in [-0.3, -0.25) is 9.59 Å². The van der Waals surface area contributed by atoms with Crippen molar-refractivity contribution in [2.45, 2.75) is 39.1 Å². The molecule has 1 amide bonds. The molecule has 0 bridgehead atoms. The minimum absolute atomic E-state index is 0.0185. The van der Waals surface area contributed by atoms with Crippen LogP contribution in [0.15, 0.2) is 42.4 Å². The van der Waals surface area contributed by atoms with Gasteiger partial charge in [-0.25, -0.2) is 0 Å². The predicted octanol–water partition coefficient (Wildman–Crippen LogP) is 3.78. The van der Waals surface area contributed by atoms with Crippen LogP contribution in [-0.4, -0.2) is 47.2 Å². The molecule has 0 aromatic heterocycles. The van der Waals surface area contributed by atoms with E-state index in [0.717, 1.165) is 11.6 Å². The van der Waals surface area contributed by atoms with Gasteiger partial charge in [0.1, 0.15) is 28.7 Å². The van der Waals surface area contributed by atoms with Gasteiger partial charge in [0, 0.05) is 12.1 Å². The number of hydrogen-bond donors (Lipinski definition) is 1. The number of nitrogens with one attached hydrogen (secondary N) is 1. The van der Waals surface area contributed by atoms with Gasteiger partial charge in [-0.2, -0.15) is 0 Å². The van der Waals surface area contributed by atoms with E-state index in [2.05, 4.69) is 31.4 Å². The van der Waals surface area contributed by atoms with Crippen molar-refractivity contribution in [3.63, 3.8) is 0 Å². The van der Waals surface area contributed by atoms with E-state index in [1.54, 1.807) is 12.1 Å². The molecule has 1 unspecified atom stereocenters. The Morgan fingerprint density at radius 1 is 1.03 bits per heavy atom. The highest BCUT2D eigenvalue weighted by Crippen LogP contribution is 2.39. The Bertz CT molecular complexity index is 1100. The lowest BCUT2D eigenvalue weighted by Gasteiger charge is -2.22. The van der Waals surface area contributed by atoms with Crippen LogP contribution in [-0.2, 0) is 14.3 Å². The van der Waals surface area contributed by atoms with E-state index in [0.29, 0.717) is 23.0 Å². The zero-order valence-corrected chi connectivity index (χ0v) is 21.6. The first-order valence-electron chi connectivity index (χ1n) is 11.0. The number of carbonyl (C=O) groups is 2. The molecule has 0 saturated carbocycles. The van der Waals surface area contributed by atoms with Crippen LogP contribution in [0.3, 0.4) is 0 Å². The molecular weight excluding hydrogens is 454 g/mol. The highest BCUT2D eigenvalue weighted by Gasteiger charge is 2.36. The molecule has 34 heavy (non-hydrogen) atoms. The minimum atomic E-state index is -1.58. The van der Waals surface area contributed by atoms with Gasteiger partial charge in [0.2, 0.25) is 11.9 Å². The first-order chi connectivity index (χ1) is 16.1. The molecule has 1 atom stereocenters. The first kappa shape index (κ1) is 25.2. The highest BCUT2D eigenvalue weighted by molar-refractivity contribution is 6.89. The first-order valence-corrected chi connectivity index (χ1v) is 14.2. The summed E-state index contributed by atoms with van der Waals surface area (Å²) in [6, 6.07) is 10.4. The van der Waals surface area contributed by atoms with Crippen LogP contribution in [0.1, 0.15) is 12.5 Å². The summed E-state index contributed by atoms with van der Waals surface area (Å²) in [7, 11) is 2.83. The number of anilines is 1. The summed E-state index contributed by atoms with van der Waals surface area (Å²) in [6.45, 7) is 8.68. The lowest BCUT2D eigenvalue weighted by molar-refractivity contribution is -0.134. The highest BCUT2D eigenvalue weighted by atomic mass is 28.3. The third kappa shape index (κ3) is 5.20. The second kappa shape index (κ2) is 10.2. The Hall–Kier alpha value is -3.46. The van der Waals surface area contributed by atoms with E-state index in [4.69, 9.17) is 23.7 Å². The molecule has 3 rings (SSSR count). The molecule has 0 radical (unpaired) electrons. The van der Waals surface area contributed by atoms with Crippen LogP contribution < -0.4 is 29.5 Å². The summed E-state index contributed by atoms with van der Waals surface area (Å²) in [6.07, 6.45) is -0.196. The zero-order valence-electron chi connectivity index (χ0n) is 20.6. The predicted molar refractivity (Wildman–Crippen MR) is 132 cm³/mol. The molecule has 1 aliphatic rings. The lowest BCUT2D eigenvalue weighted by Crippen LogP contribution is -2.40. The monoisotopic (exact) mass is 485 g/mol. The Morgan fingerprint density at radius 3 is 2.24 bits per heavy atom. The van der Waals surface area contributed by atoms with Crippen molar-refractivity contribution in [2.24, 2.45) is 0 Å². The molecule has 0 fully saturated rings. The Labute approximate surface area is 200 Å². The topological polar surface area (TPSA) is 92.3 Å². The maximum absolute atomic E-state index is 12.9. The van der Waals surface area contributed by atoms with Crippen LogP contribution in [0, 0.1) is 6.92 Å². The molecule has 0 saturated heterocycles. The maximum atomic E-state index is 12.9. The van der Waals surface area contributed by atoms with E-state index >= 15 is 0 Å². The number of rotatable bonds is 9. The summed E-state index contributed by atoms with van der Waals surface area (Å²) in [5, 5.41) is 3.91. The van der Waals surface area contributed by atoms with Crippen molar-refractivity contribution < 1.29 is 33.3 Å². The normalized spacial score (nSPS) is 15.3. The summed E-state index contributed by atoms with van der Waals surface area (Å²) in [5.41, 5.74) is 1.17. The maximum Gasteiger partial charge on any atom is 0.289 e. The van der Waals surface area contributed by atoms with Crippen LogP contribution in [0.5, 0.6) is 23.0 Å². The quantitative estimate of drug-likeness (QED) is 0.427. The Morgan fingerprint density at radius 2 is 1.68 bits per heavy atom. The number of amides is 1. The molecular formula is C25H31NO7Si. The number of methoxy groups -OCH3 is 3. The molecule has 0 spiro atoms. The number of benzene rings is 2. The third-order valence-corrected chi connectivity index (χ3v) is 9.66. The molecule has 8 nitrogen and oxygen atoms in total. The molecule has 182 valence electrons. The number of hydrogen-bond acceptors (Lipinski definition) is 7. The molecule has 1 N–H and O–H groups in total. The molecule has 2 aromatic rings. The Balaban J connectivity index is 1.77. The van der Waals surface area contributed by atoms with E-state index in [1.165, 1.54) is 32.6 Å². The van der Waals surface area contributed by atoms with Crippen LogP contribution in [0.2, 0.25) is 19.1 Å². The summed E-state index contributed by atoms with van der Waals surface area (Å²) in [4.78, 5) is 25.5. The average Bonchev–Trinajstić information content (AvgIpc) is 3.20. The summed E-state index contributed by atoms with van der Waals surface area (Å²) < 4.78 is 27.4. The van der Waals surface area contributed by atoms with Gasteiger partial charge in [-0.15, -0.1) is 0 Å². The fourth-order valence-corrected chi connectivity index (χ4v) is 4.86. The van der Waals surface area contributed by atoms with Crippen LogP contribution in [0.4, 0.5) is 5.69 Å². The smallest absolute Gasteiger partial charge is 0.289 e. The molecule has 1 aliphatic heterocycles. The number of ketones is 1. The number of aryl methyl sites for hydroxylation is 1. The van der Waals surface area contributed by atoms with Crippen molar-refractivity contribution >= 4 is 30.6 Å². The van der Waals surface area contributed by atoms with Crippen LogP contribution in [0.25, 0.3) is 0 Å². The van der Waals surface area contributed by atoms with Gasteiger partial charge in [0.25, 0.3) is 11.9 Å². The number of ether oxygens (including phenoxy) is 5. The van der Waals surface area contributed by atoms with E-state index in [1.807, 2.05) is 19.1 Å². The second-order valence-electron chi connectivity index (χ2n) is 8.58. The average molecular weight is 486 g/mol. The van der Waals surface area contributed by atoms with Crippen molar-refractivity contribution in [1.82, 2.24) is 0 Å². The van der Waals surface area contributed by atoms with Crippen molar-refractivity contribution in [3.8, 4) is 23.0 Å².